The topological polar surface area (TPSA) is 91.6 Å². The monoisotopic (exact) mass is 436 g/mol. The third kappa shape index (κ3) is 7.67. The van der Waals surface area contributed by atoms with Crippen LogP contribution in [0, 0.1) is 0 Å². The van der Waals surface area contributed by atoms with E-state index >= 15 is 0 Å². The van der Waals surface area contributed by atoms with Gasteiger partial charge in [-0.3, -0.25) is 0 Å². The number of alkyl halides is 6. The van der Waals surface area contributed by atoms with E-state index in [2.05, 4.69) is 13.6 Å². The average molecular weight is 436 g/mol. The first-order chi connectivity index (χ1) is 11.5. The van der Waals surface area contributed by atoms with Gasteiger partial charge >= 0.3 is 11.0 Å². The van der Waals surface area contributed by atoms with Crippen molar-refractivity contribution < 1.29 is 52.4 Å². The number of rotatable bonds is 6. The average Bonchev–Trinajstić information content (AvgIpc) is 2.83. The van der Waals surface area contributed by atoms with Crippen LogP contribution < -0.4 is 0 Å². The number of likely N-dealkylation sites (tertiary alicyclic amines) is 1. The van der Waals surface area contributed by atoms with Crippen molar-refractivity contribution in [3.8, 4) is 0 Å². The number of sulfonamides is 2. The molecule has 0 N–H and O–H groups in total. The first kappa shape index (κ1) is 24.9. The van der Waals surface area contributed by atoms with Crippen LogP contribution in [0.4, 0.5) is 26.3 Å². The lowest BCUT2D eigenvalue weighted by molar-refractivity contribution is -0.897. The highest BCUT2D eigenvalue weighted by Crippen LogP contribution is 2.36. The summed E-state index contributed by atoms with van der Waals surface area (Å²) >= 11 is 0. The molecular formula is C11H18F6N2O5S2. The van der Waals surface area contributed by atoms with Crippen LogP contribution in [0.3, 0.4) is 0 Å². The largest absolute Gasteiger partial charge is 0.496 e. The predicted octanol–water partition coefficient (Wildman–Crippen LogP) is 2.45. The smallest absolute Gasteiger partial charge is 0.480 e. The highest BCUT2D eigenvalue weighted by atomic mass is 32.3. The van der Waals surface area contributed by atoms with Crippen LogP contribution in [0.1, 0.15) is 12.8 Å². The zero-order valence-electron chi connectivity index (χ0n) is 13.5. The van der Waals surface area contributed by atoms with E-state index < -0.39 is 31.1 Å². The molecule has 156 valence electrons. The van der Waals surface area contributed by atoms with Crippen molar-refractivity contribution in [1.82, 2.24) is 0 Å². The van der Waals surface area contributed by atoms with Gasteiger partial charge in [0.1, 0.15) is 13.2 Å². The van der Waals surface area contributed by atoms with E-state index in [4.69, 9.17) is 4.74 Å². The molecule has 0 radical (unpaired) electrons. The van der Waals surface area contributed by atoms with E-state index in [0.717, 1.165) is 17.3 Å². The number of quaternary nitrogens is 1. The number of nitrogens with zero attached hydrogens (tertiary/aromatic N) is 2. The van der Waals surface area contributed by atoms with Gasteiger partial charge in [0.2, 0.25) is 0 Å². The van der Waals surface area contributed by atoms with Gasteiger partial charge in [0.25, 0.3) is 0 Å². The summed E-state index contributed by atoms with van der Waals surface area (Å²) in [7, 11) is -11.1. The first-order valence-electron chi connectivity index (χ1n) is 6.90. The van der Waals surface area contributed by atoms with Crippen LogP contribution >= 0.6 is 0 Å². The molecule has 1 aliphatic rings. The lowest BCUT2D eigenvalue weighted by Crippen LogP contribution is -2.43. The summed E-state index contributed by atoms with van der Waals surface area (Å²) in [6.07, 6.45) is 4.29. The fourth-order valence-corrected chi connectivity index (χ4v) is 3.60. The van der Waals surface area contributed by atoms with Gasteiger partial charge in [-0.15, -0.1) is 0 Å². The highest BCUT2D eigenvalue weighted by Gasteiger charge is 2.46. The third-order valence-electron chi connectivity index (χ3n) is 3.29. The van der Waals surface area contributed by atoms with Crippen molar-refractivity contribution in [3.63, 3.8) is 0 Å². The van der Waals surface area contributed by atoms with Gasteiger partial charge in [-0.25, -0.2) is 16.8 Å². The Balaban J connectivity index is 0.000000502. The van der Waals surface area contributed by atoms with E-state index in [1.807, 2.05) is 0 Å². The number of halogens is 6. The van der Waals surface area contributed by atoms with Crippen molar-refractivity contribution in [2.75, 3.05) is 33.3 Å². The zero-order chi connectivity index (χ0) is 20.9. The molecule has 0 atom stereocenters. The Hall–Kier alpha value is -1.06. The van der Waals surface area contributed by atoms with Gasteiger partial charge in [0.15, 0.2) is 20.0 Å². The van der Waals surface area contributed by atoms with E-state index in [-0.39, 0.29) is 0 Å². The lowest BCUT2D eigenvalue weighted by atomic mass is 10.4. The molecule has 1 aliphatic heterocycles. The fourth-order valence-electron chi connectivity index (χ4n) is 1.89. The summed E-state index contributed by atoms with van der Waals surface area (Å²) in [5, 5.41) is 0. The summed E-state index contributed by atoms with van der Waals surface area (Å²) < 4.78 is 115. The number of hydrogen-bond acceptors (Lipinski definition) is 5. The number of ether oxygens (including phenoxy) is 1. The normalized spacial score (nSPS) is 18.0. The second-order valence-corrected chi connectivity index (χ2v) is 8.87. The molecule has 0 aromatic carbocycles. The van der Waals surface area contributed by atoms with Gasteiger partial charge in [-0.1, -0.05) is 6.58 Å². The minimum Gasteiger partial charge on any atom is -0.496 e. The predicted molar refractivity (Wildman–Crippen MR) is 79.5 cm³/mol. The maximum absolute atomic E-state index is 11.4. The highest BCUT2D eigenvalue weighted by molar-refractivity contribution is 8.13. The molecule has 1 saturated heterocycles. The van der Waals surface area contributed by atoms with Crippen LogP contribution in [-0.4, -0.2) is 65.6 Å². The molecule has 1 heterocycles. The molecule has 0 bridgehead atoms. The van der Waals surface area contributed by atoms with Crippen LogP contribution in [0.25, 0.3) is 4.13 Å². The molecule has 0 spiro atoms. The van der Waals surface area contributed by atoms with Gasteiger partial charge in [-0.05, 0) is 0 Å². The fraction of sp³-hybridized carbons (Fsp3) is 0.818. The quantitative estimate of drug-likeness (QED) is 0.276. The van der Waals surface area contributed by atoms with Crippen molar-refractivity contribution in [2.24, 2.45) is 0 Å². The van der Waals surface area contributed by atoms with Crippen LogP contribution in [-0.2, 0) is 24.8 Å². The lowest BCUT2D eigenvalue weighted by Gasteiger charge is -2.28. The maximum atomic E-state index is 11.4. The summed E-state index contributed by atoms with van der Waals surface area (Å²) in [5.41, 5.74) is -12.4. The van der Waals surface area contributed by atoms with Crippen LogP contribution in [0.2, 0.25) is 0 Å². The van der Waals surface area contributed by atoms with Crippen molar-refractivity contribution >= 4 is 20.0 Å². The molecule has 0 unspecified atom stereocenters. The standard InChI is InChI=1S/C9H18NO.C2F6NO4S2/c1-3-11-9-8-10(2)6-4-5-7-10;3-1(4,5)14(10,11)9-15(12,13)2(6,7)8/h3H,1,4-9H2,2H3;/q+1;-1. The van der Waals surface area contributed by atoms with Gasteiger partial charge in [-0.2, -0.15) is 26.3 Å². The minimum absolute atomic E-state index is 0.778. The van der Waals surface area contributed by atoms with Gasteiger partial charge in [0.05, 0.1) is 26.4 Å². The van der Waals surface area contributed by atoms with Crippen molar-refractivity contribution in [3.05, 3.63) is 17.0 Å². The Morgan fingerprint density at radius 2 is 1.38 bits per heavy atom. The Morgan fingerprint density at radius 3 is 1.69 bits per heavy atom. The van der Waals surface area contributed by atoms with E-state index in [1.165, 1.54) is 36.7 Å². The van der Waals surface area contributed by atoms with Crippen LogP contribution in [0.5, 0.6) is 0 Å². The molecule has 26 heavy (non-hydrogen) atoms. The van der Waals surface area contributed by atoms with Crippen molar-refractivity contribution in [1.29, 1.82) is 0 Å². The molecular weight excluding hydrogens is 418 g/mol. The number of hydrogen-bond donors (Lipinski definition) is 0. The van der Waals surface area contributed by atoms with Gasteiger partial charge < -0.3 is 13.3 Å². The molecule has 0 aromatic rings. The summed E-state index contributed by atoms with van der Waals surface area (Å²) in [6, 6.07) is 0. The summed E-state index contributed by atoms with van der Waals surface area (Å²) in [5.74, 6) is 0. The molecule has 0 aromatic heterocycles. The van der Waals surface area contributed by atoms with E-state index in [1.54, 1.807) is 0 Å². The van der Waals surface area contributed by atoms with E-state index in [9.17, 15) is 43.2 Å². The van der Waals surface area contributed by atoms with Crippen molar-refractivity contribution in [2.45, 2.75) is 23.9 Å². The van der Waals surface area contributed by atoms with Crippen LogP contribution in [0.15, 0.2) is 12.8 Å². The summed E-state index contributed by atoms with van der Waals surface area (Å²) in [6.45, 7) is 8.11. The first-order valence-corrected chi connectivity index (χ1v) is 9.78. The Morgan fingerprint density at radius 1 is 1.00 bits per heavy atom. The Labute approximate surface area is 147 Å². The van der Waals surface area contributed by atoms with Gasteiger partial charge in [0, 0.05) is 12.8 Å². The Kier molecular flexibility index (Phi) is 8.40. The zero-order valence-corrected chi connectivity index (χ0v) is 15.2. The molecule has 0 saturated carbocycles. The molecule has 15 heteroatoms. The second-order valence-electron chi connectivity index (χ2n) is 5.45. The Bertz CT molecular complexity index is 624. The molecule has 7 nitrogen and oxygen atoms in total. The second kappa shape index (κ2) is 8.75. The SMILES string of the molecule is C=COCC[N+]1(C)CCCC1.O=S(=O)([N-]S(=O)(=O)C(F)(F)F)C(F)(F)F. The molecule has 0 aliphatic carbocycles. The minimum atomic E-state index is -6.72. The molecule has 1 rings (SSSR count). The maximum Gasteiger partial charge on any atom is 0.480 e. The molecule has 0 amide bonds. The number of likely N-dealkylation sites (N-methyl/N-ethyl adjacent to an activating group) is 1. The molecule has 1 fully saturated rings. The van der Waals surface area contributed by atoms with E-state index in [0.29, 0.717) is 0 Å². The third-order valence-corrected chi connectivity index (χ3v) is 6.03. The summed E-state index contributed by atoms with van der Waals surface area (Å²) in [4.78, 5) is 0.